The van der Waals surface area contributed by atoms with E-state index in [0.29, 0.717) is 13.0 Å². The maximum absolute atomic E-state index is 10.8. The highest BCUT2D eigenvalue weighted by Crippen LogP contribution is 2.16. The van der Waals surface area contributed by atoms with Crippen molar-refractivity contribution < 1.29 is 15.0 Å². The molecule has 14 heavy (non-hydrogen) atoms. The van der Waals surface area contributed by atoms with Gasteiger partial charge in [0.2, 0.25) is 5.91 Å². The Bertz CT molecular complexity index is 180. The van der Waals surface area contributed by atoms with Crippen molar-refractivity contribution in [2.45, 2.75) is 38.2 Å². The fourth-order valence-electron chi connectivity index (χ4n) is 1.45. The lowest BCUT2D eigenvalue weighted by Crippen LogP contribution is -2.27. The minimum Gasteiger partial charge on any atom is -0.395 e. The fraction of sp³-hybridized carbons (Fsp3) is 0.900. The third-order valence-corrected chi connectivity index (χ3v) is 2.62. The van der Waals surface area contributed by atoms with Crippen LogP contribution in [-0.4, -0.2) is 46.8 Å². The zero-order chi connectivity index (χ0) is 10.4. The number of aliphatic hydroxyl groups is 2. The van der Waals surface area contributed by atoms with Crippen LogP contribution in [0.4, 0.5) is 0 Å². The minimum absolute atomic E-state index is 0.0648. The van der Waals surface area contributed by atoms with E-state index in [4.69, 9.17) is 10.2 Å². The van der Waals surface area contributed by atoms with Crippen molar-refractivity contribution in [3.8, 4) is 0 Å². The summed E-state index contributed by atoms with van der Waals surface area (Å²) in [6, 6.07) is 0. The Balaban J connectivity index is 0.000000165. The molecule has 0 aromatic carbocycles. The van der Waals surface area contributed by atoms with E-state index in [-0.39, 0.29) is 18.6 Å². The van der Waals surface area contributed by atoms with E-state index in [1.165, 1.54) is 6.42 Å². The van der Waals surface area contributed by atoms with Crippen LogP contribution in [0.5, 0.6) is 0 Å². The Kier molecular flexibility index (Phi) is 4.90. The van der Waals surface area contributed by atoms with Crippen LogP contribution in [0.1, 0.15) is 32.1 Å². The summed E-state index contributed by atoms with van der Waals surface area (Å²) in [6.45, 7) is 1.43. The van der Waals surface area contributed by atoms with Crippen LogP contribution < -0.4 is 0 Å². The molecule has 0 aromatic heterocycles. The first-order valence-electron chi connectivity index (χ1n) is 5.30. The zero-order valence-corrected chi connectivity index (χ0v) is 8.48. The number of rotatable bonds is 2. The van der Waals surface area contributed by atoms with E-state index in [9.17, 15) is 4.79 Å². The number of likely N-dealkylation sites (tertiary alicyclic amines) is 1. The van der Waals surface area contributed by atoms with Gasteiger partial charge in [-0.05, 0) is 25.7 Å². The van der Waals surface area contributed by atoms with Crippen LogP contribution in [0.15, 0.2) is 0 Å². The predicted octanol–water partition coefficient (Wildman–Crippen LogP) is 0.132. The highest BCUT2D eigenvalue weighted by Gasteiger charge is 2.18. The smallest absolute Gasteiger partial charge is 0.222 e. The molecule has 0 aromatic rings. The highest BCUT2D eigenvalue weighted by molar-refractivity contribution is 5.77. The Labute approximate surface area is 84.5 Å². The van der Waals surface area contributed by atoms with Crippen molar-refractivity contribution in [3.05, 3.63) is 0 Å². The SMILES string of the molecule is O=C1CCCN1CCO.OC1CCC1. The summed E-state index contributed by atoms with van der Waals surface area (Å²) in [7, 11) is 0. The molecule has 1 saturated carbocycles. The molecule has 1 saturated heterocycles. The van der Waals surface area contributed by atoms with Crippen molar-refractivity contribution in [2.75, 3.05) is 19.7 Å². The monoisotopic (exact) mass is 201 g/mol. The van der Waals surface area contributed by atoms with Crippen molar-refractivity contribution in [3.63, 3.8) is 0 Å². The molecule has 2 fully saturated rings. The predicted molar refractivity (Wildman–Crippen MR) is 52.8 cm³/mol. The van der Waals surface area contributed by atoms with E-state index in [2.05, 4.69) is 0 Å². The number of nitrogens with zero attached hydrogens (tertiary/aromatic N) is 1. The summed E-state index contributed by atoms with van der Waals surface area (Å²) in [5.41, 5.74) is 0. The normalized spacial score (nSPS) is 21.6. The molecule has 0 atom stereocenters. The van der Waals surface area contributed by atoms with Gasteiger partial charge >= 0.3 is 0 Å². The van der Waals surface area contributed by atoms with Gasteiger partial charge in [-0.15, -0.1) is 0 Å². The van der Waals surface area contributed by atoms with Crippen LogP contribution in [0.25, 0.3) is 0 Å². The van der Waals surface area contributed by atoms with Gasteiger partial charge in [0, 0.05) is 19.5 Å². The van der Waals surface area contributed by atoms with Gasteiger partial charge in [-0.2, -0.15) is 0 Å². The standard InChI is InChI=1S/C6H11NO2.C4H8O/c8-5-4-7-3-1-2-6(7)9;5-4-2-1-3-4/h8H,1-5H2;4-5H,1-3H2. The van der Waals surface area contributed by atoms with Crippen molar-refractivity contribution >= 4 is 5.91 Å². The quantitative estimate of drug-likeness (QED) is 0.667. The lowest BCUT2D eigenvalue weighted by atomic mass is 9.97. The minimum atomic E-state index is 0.0648. The zero-order valence-electron chi connectivity index (χ0n) is 8.48. The molecule has 0 unspecified atom stereocenters. The summed E-state index contributed by atoms with van der Waals surface area (Å²) in [4.78, 5) is 12.5. The van der Waals surface area contributed by atoms with Crippen LogP contribution in [0.2, 0.25) is 0 Å². The van der Waals surface area contributed by atoms with Crippen LogP contribution in [-0.2, 0) is 4.79 Å². The van der Waals surface area contributed by atoms with Crippen molar-refractivity contribution in [1.82, 2.24) is 4.90 Å². The Morgan fingerprint density at radius 1 is 1.36 bits per heavy atom. The number of hydrogen-bond acceptors (Lipinski definition) is 3. The van der Waals surface area contributed by atoms with Gasteiger partial charge in [0.1, 0.15) is 0 Å². The number of carbonyl (C=O) groups excluding carboxylic acids is 1. The molecule has 1 amide bonds. The molecule has 1 aliphatic heterocycles. The average Bonchev–Trinajstić information content (AvgIpc) is 2.51. The molecule has 1 aliphatic carbocycles. The molecule has 0 bridgehead atoms. The molecule has 2 aliphatic rings. The summed E-state index contributed by atoms with van der Waals surface area (Å²) in [5, 5.41) is 16.9. The molecule has 2 N–H and O–H groups in total. The molecule has 0 radical (unpaired) electrons. The van der Waals surface area contributed by atoms with Gasteiger partial charge in [-0.25, -0.2) is 0 Å². The number of carbonyl (C=O) groups is 1. The third-order valence-electron chi connectivity index (χ3n) is 2.62. The van der Waals surface area contributed by atoms with E-state index in [0.717, 1.165) is 25.8 Å². The Hall–Kier alpha value is -0.610. The molecular formula is C10H19NO3. The average molecular weight is 201 g/mol. The van der Waals surface area contributed by atoms with Crippen LogP contribution in [0, 0.1) is 0 Å². The summed E-state index contributed by atoms with van der Waals surface area (Å²) in [6.07, 6.45) is 5.01. The van der Waals surface area contributed by atoms with E-state index < -0.39 is 0 Å². The molecular weight excluding hydrogens is 182 g/mol. The molecule has 4 nitrogen and oxygen atoms in total. The number of hydrogen-bond donors (Lipinski definition) is 2. The molecule has 82 valence electrons. The fourth-order valence-corrected chi connectivity index (χ4v) is 1.45. The van der Waals surface area contributed by atoms with Gasteiger partial charge in [-0.1, -0.05) is 0 Å². The first-order chi connectivity index (χ1) is 6.74. The number of amides is 1. The number of β-amino-alcohol motifs (C(OH)–C–C–N with tert-alkyl or cyclic N) is 1. The van der Waals surface area contributed by atoms with Crippen molar-refractivity contribution in [1.29, 1.82) is 0 Å². The maximum Gasteiger partial charge on any atom is 0.222 e. The van der Waals surface area contributed by atoms with Gasteiger partial charge in [-0.3, -0.25) is 4.79 Å². The Morgan fingerprint density at radius 2 is 2.00 bits per heavy atom. The Morgan fingerprint density at radius 3 is 2.29 bits per heavy atom. The van der Waals surface area contributed by atoms with Crippen molar-refractivity contribution in [2.24, 2.45) is 0 Å². The van der Waals surface area contributed by atoms with Crippen LogP contribution >= 0.6 is 0 Å². The summed E-state index contributed by atoms with van der Waals surface area (Å²) >= 11 is 0. The van der Waals surface area contributed by atoms with Gasteiger partial charge < -0.3 is 15.1 Å². The third kappa shape index (κ3) is 3.64. The van der Waals surface area contributed by atoms with Gasteiger partial charge in [0.05, 0.1) is 12.7 Å². The highest BCUT2D eigenvalue weighted by atomic mass is 16.3. The maximum atomic E-state index is 10.8. The largest absolute Gasteiger partial charge is 0.395 e. The first kappa shape index (κ1) is 11.5. The van der Waals surface area contributed by atoms with Gasteiger partial charge in [0.25, 0.3) is 0 Å². The summed E-state index contributed by atoms with van der Waals surface area (Å²) in [5.74, 6) is 0.184. The second-order valence-electron chi connectivity index (χ2n) is 3.79. The molecule has 4 heteroatoms. The second-order valence-corrected chi connectivity index (χ2v) is 3.79. The first-order valence-corrected chi connectivity index (χ1v) is 5.30. The van der Waals surface area contributed by atoms with Crippen LogP contribution in [0.3, 0.4) is 0 Å². The van der Waals surface area contributed by atoms with Gasteiger partial charge in [0.15, 0.2) is 0 Å². The molecule has 2 rings (SSSR count). The second kappa shape index (κ2) is 5.98. The van der Waals surface area contributed by atoms with E-state index in [1.54, 1.807) is 4.90 Å². The summed E-state index contributed by atoms with van der Waals surface area (Å²) < 4.78 is 0. The lowest BCUT2D eigenvalue weighted by Gasteiger charge is -2.17. The molecule has 0 spiro atoms. The van der Waals surface area contributed by atoms with E-state index >= 15 is 0 Å². The number of aliphatic hydroxyl groups excluding tert-OH is 2. The van der Waals surface area contributed by atoms with E-state index in [1.807, 2.05) is 0 Å². The lowest BCUT2D eigenvalue weighted by molar-refractivity contribution is -0.128. The topological polar surface area (TPSA) is 60.8 Å². The molecule has 1 heterocycles.